The highest BCUT2D eigenvalue weighted by molar-refractivity contribution is 6.07. The fraction of sp³-hybridized carbons (Fsp3) is 0.500. The number of hydrogen-bond acceptors (Lipinski definition) is 4. The molecule has 1 saturated carbocycles. The Morgan fingerprint density at radius 3 is 2.59 bits per heavy atom. The second-order valence-electron chi connectivity index (χ2n) is 5.71. The predicted octanol–water partition coefficient (Wildman–Crippen LogP) is 1.34. The Morgan fingerprint density at radius 2 is 1.86 bits per heavy atom. The van der Waals surface area contributed by atoms with Crippen molar-refractivity contribution in [1.29, 1.82) is 0 Å². The first-order valence-corrected chi connectivity index (χ1v) is 7.61. The molecule has 118 valence electrons. The van der Waals surface area contributed by atoms with Crippen LogP contribution in [0.25, 0.3) is 0 Å². The van der Waals surface area contributed by atoms with Crippen LogP contribution < -0.4 is 20.1 Å². The van der Waals surface area contributed by atoms with Crippen LogP contribution in [0.15, 0.2) is 18.2 Å². The zero-order valence-corrected chi connectivity index (χ0v) is 12.6. The third-order valence-corrected chi connectivity index (χ3v) is 4.04. The summed E-state index contributed by atoms with van der Waals surface area (Å²) in [5, 5.41) is 5.67. The van der Waals surface area contributed by atoms with Gasteiger partial charge < -0.3 is 20.1 Å². The van der Waals surface area contributed by atoms with E-state index in [1.54, 1.807) is 0 Å². The van der Waals surface area contributed by atoms with E-state index >= 15 is 0 Å². The average Bonchev–Trinajstić information content (AvgIpc) is 3.22. The van der Waals surface area contributed by atoms with Crippen LogP contribution in [-0.2, 0) is 16.1 Å². The molecule has 1 aromatic carbocycles. The fourth-order valence-corrected chi connectivity index (χ4v) is 2.49. The lowest BCUT2D eigenvalue weighted by Gasteiger charge is -2.15. The summed E-state index contributed by atoms with van der Waals surface area (Å²) in [5.41, 5.74) is 0.0632. The molecule has 2 N–H and O–H groups in total. The third kappa shape index (κ3) is 2.73. The van der Waals surface area contributed by atoms with Crippen LogP contribution in [0, 0.1) is 5.41 Å². The highest BCUT2D eigenvalue weighted by Crippen LogP contribution is 2.46. The zero-order chi connectivity index (χ0) is 15.6. The van der Waals surface area contributed by atoms with Crippen LogP contribution in [0.1, 0.15) is 31.7 Å². The maximum absolute atomic E-state index is 12.3. The number of fused-ring (bicyclic) bond motifs is 1. The quantitative estimate of drug-likeness (QED) is 0.778. The molecule has 1 aliphatic carbocycles. The minimum absolute atomic E-state index is 0.155. The van der Waals surface area contributed by atoms with Gasteiger partial charge in [-0.3, -0.25) is 9.59 Å². The first-order valence-electron chi connectivity index (χ1n) is 7.61. The molecule has 0 radical (unpaired) electrons. The first kappa shape index (κ1) is 14.7. The first-order chi connectivity index (χ1) is 10.7. The van der Waals surface area contributed by atoms with Crippen molar-refractivity contribution in [3.05, 3.63) is 23.8 Å². The van der Waals surface area contributed by atoms with Gasteiger partial charge in [0.25, 0.3) is 0 Å². The lowest BCUT2D eigenvalue weighted by Crippen LogP contribution is -2.43. The van der Waals surface area contributed by atoms with Gasteiger partial charge in [-0.05, 0) is 37.0 Å². The molecule has 2 aliphatic rings. The Hall–Kier alpha value is -2.24. The van der Waals surface area contributed by atoms with E-state index in [-0.39, 0.29) is 18.6 Å². The molecule has 1 heterocycles. The average molecular weight is 304 g/mol. The van der Waals surface area contributed by atoms with E-state index in [4.69, 9.17) is 9.47 Å². The van der Waals surface area contributed by atoms with E-state index < -0.39 is 5.41 Å². The van der Waals surface area contributed by atoms with Gasteiger partial charge in [0.2, 0.25) is 18.6 Å². The summed E-state index contributed by atoms with van der Waals surface area (Å²) < 4.78 is 10.6. The maximum Gasteiger partial charge on any atom is 0.235 e. The minimum Gasteiger partial charge on any atom is -0.454 e. The van der Waals surface area contributed by atoms with Gasteiger partial charge in [0.05, 0.1) is 0 Å². The topological polar surface area (TPSA) is 76.7 Å². The number of amides is 2. The molecule has 6 heteroatoms. The van der Waals surface area contributed by atoms with Crippen LogP contribution in [-0.4, -0.2) is 25.2 Å². The minimum atomic E-state index is -0.856. The number of rotatable bonds is 6. The van der Waals surface area contributed by atoms with E-state index in [1.165, 1.54) is 0 Å². The van der Waals surface area contributed by atoms with Crippen LogP contribution in [0.2, 0.25) is 0 Å². The van der Waals surface area contributed by atoms with Crippen molar-refractivity contribution in [3.8, 4) is 11.5 Å². The van der Waals surface area contributed by atoms with Crippen molar-refractivity contribution >= 4 is 11.8 Å². The second-order valence-corrected chi connectivity index (χ2v) is 5.71. The van der Waals surface area contributed by atoms with Gasteiger partial charge in [0.15, 0.2) is 11.5 Å². The lowest BCUT2D eigenvalue weighted by molar-refractivity contribution is -0.137. The summed E-state index contributed by atoms with van der Waals surface area (Å²) in [4.78, 5) is 24.4. The summed E-state index contributed by atoms with van der Waals surface area (Å²) >= 11 is 0. The highest BCUT2D eigenvalue weighted by Gasteiger charge is 2.56. The summed E-state index contributed by atoms with van der Waals surface area (Å²) in [6, 6.07) is 5.55. The van der Waals surface area contributed by atoms with Gasteiger partial charge in [-0.2, -0.15) is 0 Å². The Morgan fingerprint density at radius 1 is 1.14 bits per heavy atom. The Labute approximate surface area is 129 Å². The van der Waals surface area contributed by atoms with Crippen molar-refractivity contribution in [2.75, 3.05) is 13.3 Å². The predicted molar refractivity (Wildman–Crippen MR) is 79.4 cm³/mol. The molecular formula is C16H20N2O4. The number of carbonyl (C=O) groups is 2. The maximum atomic E-state index is 12.3. The van der Waals surface area contributed by atoms with Crippen LogP contribution in [0.5, 0.6) is 11.5 Å². The molecule has 0 spiro atoms. The molecule has 0 unspecified atom stereocenters. The molecule has 1 aliphatic heterocycles. The Kier molecular flexibility index (Phi) is 3.92. The normalized spacial score (nSPS) is 17.0. The molecule has 3 rings (SSSR count). The Bertz CT molecular complexity index is 596. The van der Waals surface area contributed by atoms with Crippen molar-refractivity contribution in [2.45, 2.75) is 32.7 Å². The molecule has 0 bridgehead atoms. The molecule has 2 amide bonds. The molecule has 22 heavy (non-hydrogen) atoms. The van der Waals surface area contributed by atoms with Crippen LogP contribution in [0.4, 0.5) is 0 Å². The lowest BCUT2D eigenvalue weighted by atomic mass is 10.0. The molecule has 0 aromatic heterocycles. The third-order valence-electron chi connectivity index (χ3n) is 4.04. The van der Waals surface area contributed by atoms with Crippen molar-refractivity contribution in [1.82, 2.24) is 10.6 Å². The van der Waals surface area contributed by atoms with Gasteiger partial charge in [-0.1, -0.05) is 13.0 Å². The highest BCUT2D eigenvalue weighted by atomic mass is 16.7. The van der Waals surface area contributed by atoms with E-state index in [9.17, 15) is 9.59 Å². The van der Waals surface area contributed by atoms with Gasteiger partial charge in [0, 0.05) is 13.1 Å². The zero-order valence-electron chi connectivity index (χ0n) is 12.6. The van der Waals surface area contributed by atoms with Crippen molar-refractivity contribution < 1.29 is 19.1 Å². The summed E-state index contributed by atoms with van der Waals surface area (Å²) in [6.07, 6.45) is 2.10. The molecule has 0 saturated heterocycles. The van der Waals surface area contributed by atoms with E-state index in [2.05, 4.69) is 10.6 Å². The standard InChI is InChI=1S/C16H20N2O4/c1-2-7-17-14(19)16(5-6-16)15(20)18-9-11-3-4-12-13(8-11)22-10-21-12/h3-4,8H,2,5-7,9-10H2,1H3,(H,17,19)(H,18,20). The van der Waals surface area contributed by atoms with Crippen molar-refractivity contribution in [3.63, 3.8) is 0 Å². The van der Waals surface area contributed by atoms with E-state index in [1.807, 2.05) is 25.1 Å². The fourth-order valence-electron chi connectivity index (χ4n) is 2.49. The van der Waals surface area contributed by atoms with Gasteiger partial charge in [0.1, 0.15) is 5.41 Å². The second kappa shape index (κ2) is 5.87. The summed E-state index contributed by atoms with van der Waals surface area (Å²) in [6.45, 7) is 3.19. The number of benzene rings is 1. The number of nitrogens with one attached hydrogen (secondary N) is 2. The SMILES string of the molecule is CCCNC(=O)C1(C(=O)NCc2ccc3c(c2)OCO3)CC1. The van der Waals surface area contributed by atoms with Crippen LogP contribution in [0.3, 0.4) is 0 Å². The van der Waals surface area contributed by atoms with Gasteiger partial charge in [-0.15, -0.1) is 0 Å². The molecule has 1 aromatic rings. The van der Waals surface area contributed by atoms with Gasteiger partial charge in [-0.25, -0.2) is 0 Å². The number of hydrogen-bond donors (Lipinski definition) is 2. The molecule has 0 atom stereocenters. The smallest absolute Gasteiger partial charge is 0.235 e. The largest absolute Gasteiger partial charge is 0.454 e. The van der Waals surface area contributed by atoms with E-state index in [0.717, 1.165) is 12.0 Å². The molecule has 6 nitrogen and oxygen atoms in total. The van der Waals surface area contributed by atoms with E-state index in [0.29, 0.717) is 37.4 Å². The number of ether oxygens (including phenoxy) is 2. The van der Waals surface area contributed by atoms with Crippen LogP contribution >= 0.6 is 0 Å². The van der Waals surface area contributed by atoms with Gasteiger partial charge >= 0.3 is 0 Å². The molecular weight excluding hydrogens is 284 g/mol. The summed E-state index contributed by atoms with van der Waals surface area (Å²) in [5.74, 6) is 1.05. The van der Waals surface area contributed by atoms with Crippen molar-refractivity contribution in [2.24, 2.45) is 5.41 Å². The number of carbonyl (C=O) groups excluding carboxylic acids is 2. The Balaban J connectivity index is 1.57. The summed E-state index contributed by atoms with van der Waals surface area (Å²) in [7, 11) is 0. The molecule has 1 fully saturated rings. The monoisotopic (exact) mass is 304 g/mol.